The highest BCUT2D eigenvalue weighted by Crippen LogP contribution is 2.12. The molecule has 2 aromatic heterocycles. The molecule has 21 heavy (non-hydrogen) atoms. The van der Waals surface area contributed by atoms with Crippen LogP contribution in [0, 0.1) is 0 Å². The SMILES string of the molecule is O=C(NCCc1cn[nH]c1)c1ccccc1-n1nccn1. The molecule has 0 aliphatic rings. The number of para-hydroxylation sites is 1. The van der Waals surface area contributed by atoms with Crippen LogP contribution in [-0.4, -0.2) is 37.6 Å². The third-order valence-electron chi connectivity index (χ3n) is 3.04. The predicted molar refractivity (Wildman–Crippen MR) is 76.0 cm³/mol. The Labute approximate surface area is 121 Å². The fourth-order valence-electron chi connectivity index (χ4n) is 2.01. The Morgan fingerprint density at radius 2 is 2.05 bits per heavy atom. The highest BCUT2D eigenvalue weighted by Gasteiger charge is 2.12. The van der Waals surface area contributed by atoms with E-state index in [9.17, 15) is 4.79 Å². The topological polar surface area (TPSA) is 88.5 Å². The van der Waals surface area contributed by atoms with Gasteiger partial charge in [0.05, 0.1) is 29.8 Å². The van der Waals surface area contributed by atoms with Gasteiger partial charge in [0.15, 0.2) is 0 Å². The highest BCUT2D eigenvalue weighted by molar-refractivity contribution is 5.97. The molecule has 0 radical (unpaired) electrons. The molecule has 1 aromatic carbocycles. The molecule has 3 rings (SSSR count). The summed E-state index contributed by atoms with van der Waals surface area (Å²) in [6.07, 6.45) is 7.44. The van der Waals surface area contributed by atoms with Crippen LogP contribution in [0.5, 0.6) is 0 Å². The van der Waals surface area contributed by atoms with Crippen LogP contribution in [-0.2, 0) is 6.42 Å². The number of hydrogen-bond acceptors (Lipinski definition) is 4. The zero-order valence-electron chi connectivity index (χ0n) is 11.2. The molecular formula is C14H14N6O. The van der Waals surface area contributed by atoms with Gasteiger partial charge in [0, 0.05) is 12.7 Å². The summed E-state index contributed by atoms with van der Waals surface area (Å²) in [6.45, 7) is 0.541. The zero-order valence-corrected chi connectivity index (χ0v) is 11.2. The van der Waals surface area contributed by atoms with Gasteiger partial charge in [-0.2, -0.15) is 20.1 Å². The lowest BCUT2D eigenvalue weighted by Crippen LogP contribution is -2.27. The van der Waals surface area contributed by atoms with Crippen molar-refractivity contribution < 1.29 is 4.79 Å². The van der Waals surface area contributed by atoms with E-state index in [2.05, 4.69) is 25.7 Å². The Bertz CT molecular complexity index is 705. The van der Waals surface area contributed by atoms with E-state index in [0.29, 0.717) is 17.8 Å². The summed E-state index contributed by atoms with van der Waals surface area (Å²) in [5.41, 5.74) is 2.25. The first kappa shape index (κ1) is 13.0. The van der Waals surface area contributed by atoms with Crippen LogP contribution >= 0.6 is 0 Å². The molecule has 7 nitrogen and oxygen atoms in total. The fourth-order valence-corrected chi connectivity index (χ4v) is 2.01. The van der Waals surface area contributed by atoms with Crippen molar-refractivity contribution in [3.8, 4) is 5.69 Å². The first-order chi connectivity index (χ1) is 10.3. The van der Waals surface area contributed by atoms with Crippen molar-refractivity contribution in [1.82, 2.24) is 30.5 Å². The Morgan fingerprint density at radius 3 is 2.81 bits per heavy atom. The maximum Gasteiger partial charge on any atom is 0.253 e. The third-order valence-corrected chi connectivity index (χ3v) is 3.04. The number of nitrogens with one attached hydrogen (secondary N) is 2. The summed E-state index contributed by atoms with van der Waals surface area (Å²) >= 11 is 0. The van der Waals surface area contributed by atoms with Crippen LogP contribution in [0.3, 0.4) is 0 Å². The number of aromatic amines is 1. The Morgan fingerprint density at radius 1 is 1.24 bits per heavy atom. The number of aromatic nitrogens is 5. The van der Waals surface area contributed by atoms with Gasteiger partial charge in [-0.1, -0.05) is 12.1 Å². The first-order valence-corrected chi connectivity index (χ1v) is 6.56. The Hall–Kier alpha value is -2.96. The smallest absolute Gasteiger partial charge is 0.253 e. The first-order valence-electron chi connectivity index (χ1n) is 6.56. The van der Waals surface area contributed by atoms with Gasteiger partial charge >= 0.3 is 0 Å². The molecule has 2 N–H and O–H groups in total. The van der Waals surface area contributed by atoms with Crippen LogP contribution < -0.4 is 5.32 Å². The molecule has 2 heterocycles. The Kier molecular flexibility index (Phi) is 3.72. The molecule has 0 saturated heterocycles. The molecule has 3 aromatic rings. The fraction of sp³-hybridized carbons (Fsp3) is 0.143. The predicted octanol–water partition coefficient (Wildman–Crippen LogP) is 0.963. The van der Waals surface area contributed by atoms with Gasteiger partial charge in [0.2, 0.25) is 0 Å². The minimum absolute atomic E-state index is 0.147. The lowest BCUT2D eigenvalue weighted by molar-refractivity contribution is 0.0954. The van der Waals surface area contributed by atoms with E-state index in [0.717, 1.165) is 12.0 Å². The molecule has 0 saturated carbocycles. The molecule has 0 aliphatic heterocycles. The number of nitrogens with zero attached hydrogens (tertiary/aromatic N) is 4. The lowest BCUT2D eigenvalue weighted by Gasteiger charge is -2.08. The van der Waals surface area contributed by atoms with Crippen molar-refractivity contribution in [1.29, 1.82) is 0 Å². The third kappa shape index (κ3) is 2.97. The van der Waals surface area contributed by atoms with E-state index < -0.39 is 0 Å². The maximum atomic E-state index is 12.3. The molecule has 0 fully saturated rings. The molecular weight excluding hydrogens is 268 g/mol. The minimum atomic E-state index is -0.147. The number of amides is 1. The van der Waals surface area contributed by atoms with Crippen molar-refractivity contribution in [2.24, 2.45) is 0 Å². The van der Waals surface area contributed by atoms with Crippen molar-refractivity contribution in [3.05, 3.63) is 60.2 Å². The second-order valence-corrected chi connectivity index (χ2v) is 4.45. The average molecular weight is 282 g/mol. The number of carbonyl (C=O) groups excluding carboxylic acids is 1. The largest absolute Gasteiger partial charge is 0.352 e. The normalized spacial score (nSPS) is 10.5. The van der Waals surface area contributed by atoms with Gasteiger partial charge in [-0.3, -0.25) is 9.89 Å². The quantitative estimate of drug-likeness (QED) is 0.729. The monoisotopic (exact) mass is 282 g/mol. The van der Waals surface area contributed by atoms with E-state index in [1.165, 1.54) is 4.80 Å². The average Bonchev–Trinajstić information content (AvgIpc) is 3.20. The molecule has 0 spiro atoms. The zero-order chi connectivity index (χ0) is 14.5. The van der Waals surface area contributed by atoms with Crippen LogP contribution in [0.4, 0.5) is 0 Å². The molecule has 7 heteroatoms. The van der Waals surface area contributed by atoms with Crippen LogP contribution in [0.2, 0.25) is 0 Å². The molecule has 0 unspecified atom stereocenters. The summed E-state index contributed by atoms with van der Waals surface area (Å²) < 4.78 is 0. The summed E-state index contributed by atoms with van der Waals surface area (Å²) in [7, 11) is 0. The summed E-state index contributed by atoms with van der Waals surface area (Å²) in [5, 5.41) is 17.6. The maximum absolute atomic E-state index is 12.3. The lowest BCUT2D eigenvalue weighted by atomic mass is 10.1. The van der Waals surface area contributed by atoms with Gasteiger partial charge in [-0.25, -0.2) is 0 Å². The summed E-state index contributed by atoms with van der Waals surface area (Å²) in [4.78, 5) is 13.7. The molecule has 0 atom stereocenters. The van der Waals surface area contributed by atoms with Gasteiger partial charge in [0.1, 0.15) is 0 Å². The standard InChI is InChI=1S/C14H14N6O/c21-14(15-6-5-11-9-16-17-10-11)12-3-1-2-4-13(12)20-18-7-8-19-20/h1-4,7-10H,5-6H2,(H,15,21)(H,16,17). The van der Waals surface area contributed by atoms with E-state index >= 15 is 0 Å². The Balaban J connectivity index is 1.70. The van der Waals surface area contributed by atoms with Crippen molar-refractivity contribution in [2.75, 3.05) is 6.54 Å². The number of hydrogen-bond donors (Lipinski definition) is 2. The second kappa shape index (κ2) is 6.00. The molecule has 0 bridgehead atoms. The summed E-state index contributed by atoms with van der Waals surface area (Å²) in [6, 6.07) is 7.23. The van der Waals surface area contributed by atoms with E-state index in [1.807, 2.05) is 24.4 Å². The highest BCUT2D eigenvalue weighted by atomic mass is 16.1. The van der Waals surface area contributed by atoms with Gasteiger partial charge in [-0.05, 0) is 24.1 Å². The molecule has 0 aliphatic carbocycles. The van der Waals surface area contributed by atoms with Gasteiger partial charge < -0.3 is 5.32 Å². The number of rotatable bonds is 5. The van der Waals surface area contributed by atoms with Crippen LogP contribution in [0.15, 0.2) is 49.1 Å². The van der Waals surface area contributed by atoms with Crippen molar-refractivity contribution in [3.63, 3.8) is 0 Å². The van der Waals surface area contributed by atoms with Crippen molar-refractivity contribution >= 4 is 5.91 Å². The van der Waals surface area contributed by atoms with E-state index in [4.69, 9.17) is 0 Å². The van der Waals surface area contributed by atoms with E-state index in [-0.39, 0.29) is 5.91 Å². The molecule has 1 amide bonds. The number of carbonyl (C=O) groups is 1. The van der Waals surface area contributed by atoms with Gasteiger partial charge in [-0.15, -0.1) is 0 Å². The van der Waals surface area contributed by atoms with Gasteiger partial charge in [0.25, 0.3) is 5.91 Å². The van der Waals surface area contributed by atoms with Crippen LogP contribution in [0.25, 0.3) is 5.69 Å². The summed E-state index contributed by atoms with van der Waals surface area (Å²) in [5.74, 6) is -0.147. The van der Waals surface area contributed by atoms with E-state index in [1.54, 1.807) is 24.7 Å². The van der Waals surface area contributed by atoms with Crippen LogP contribution in [0.1, 0.15) is 15.9 Å². The molecule has 106 valence electrons. The van der Waals surface area contributed by atoms with Crippen molar-refractivity contribution in [2.45, 2.75) is 6.42 Å². The minimum Gasteiger partial charge on any atom is -0.352 e. The number of H-pyrrole nitrogens is 1. The number of benzene rings is 1. The second-order valence-electron chi connectivity index (χ2n) is 4.45.